The molecule has 4 unspecified atom stereocenters. The lowest BCUT2D eigenvalue weighted by Gasteiger charge is -2.67. The van der Waals surface area contributed by atoms with E-state index in [1.807, 2.05) is 0 Å². The molecule has 26 heavy (non-hydrogen) atoms. The number of likely N-dealkylation sites (tertiary alicyclic amines) is 1. The monoisotopic (exact) mass is 358 g/mol. The molecule has 1 spiro atoms. The van der Waals surface area contributed by atoms with Gasteiger partial charge in [0.05, 0.1) is 25.6 Å². The van der Waals surface area contributed by atoms with Crippen LogP contribution >= 0.6 is 0 Å². The molecule has 140 valence electrons. The highest BCUT2D eigenvalue weighted by molar-refractivity contribution is 5.86. The molecule has 2 N–H and O–H groups in total. The van der Waals surface area contributed by atoms with Crippen LogP contribution in [0.2, 0.25) is 0 Å². The summed E-state index contributed by atoms with van der Waals surface area (Å²) in [6, 6.07) is 0.154. The molecule has 2 bridgehead atoms. The number of hydrogen-bond acceptors (Lipinski definition) is 4. The van der Waals surface area contributed by atoms with Gasteiger partial charge in [0.2, 0.25) is 0 Å². The lowest BCUT2D eigenvalue weighted by molar-refractivity contribution is -0.954. The van der Waals surface area contributed by atoms with Crippen molar-refractivity contribution >= 4 is 5.78 Å². The fourth-order valence-corrected chi connectivity index (χ4v) is 7.56. The SMILES string of the molecule is C[N+]1(CC2CC2)CC[C@@]23C4C5=C(O)C=CC4CC1[C@]2(O)CCC(=O)[C@@H]3O5. The number of Topliss-reactive ketones (excluding diaryl/α,β-unsaturated/α-hetero) is 1. The number of allylic oxidation sites excluding steroid dienone is 3. The van der Waals surface area contributed by atoms with Gasteiger partial charge in [0, 0.05) is 31.1 Å². The summed E-state index contributed by atoms with van der Waals surface area (Å²) in [4.78, 5) is 12.8. The van der Waals surface area contributed by atoms with Crippen molar-refractivity contribution in [3.8, 4) is 0 Å². The number of quaternary nitrogens is 1. The van der Waals surface area contributed by atoms with Crippen molar-refractivity contribution in [1.29, 1.82) is 0 Å². The summed E-state index contributed by atoms with van der Waals surface area (Å²) in [5.41, 5.74) is -1.42. The number of carbonyl (C=O) groups is 1. The largest absolute Gasteiger partial charge is 0.504 e. The average molecular weight is 358 g/mol. The molecule has 6 aliphatic rings. The molecule has 0 radical (unpaired) electrons. The number of carbonyl (C=O) groups excluding carboxylic acids is 1. The quantitative estimate of drug-likeness (QED) is 0.742. The first-order valence-electron chi connectivity index (χ1n) is 10.3. The van der Waals surface area contributed by atoms with Crippen molar-refractivity contribution in [2.24, 2.45) is 23.2 Å². The molecular weight excluding hydrogens is 330 g/mol. The lowest BCUT2D eigenvalue weighted by Crippen LogP contribution is -2.80. The van der Waals surface area contributed by atoms with Gasteiger partial charge in [-0.25, -0.2) is 0 Å². The van der Waals surface area contributed by atoms with Gasteiger partial charge in [-0.3, -0.25) is 4.79 Å². The minimum absolute atomic E-state index is 0.0438. The standard InChI is InChI=1S/C21H27NO4/c1-22(11-12-2-3-12)9-8-20-17-13-4-5-14(23)18(17)26-19(20)15(24)6-7-21(20,25)16(22)10-13/h4-5,12-13,16-17,19,25H,2-3,6-11H2,1H3/p+1/t13?,16?,17?,19-,20-,21+,22?/m0/s1. The summed E-state index contributed by atoms with van der Waals surface area (Å²) >= 11 is 0. The van der Waals surface area contributed by atoms with Gasteiger partial charge in [-0.2, -0.15) is 0 Å². The molecule has 2 saturated heterocycles. The Labute approximate surface area is 153 Å². The van der Waals surface area contributed by atoms with E-state index in [-0.39, 0.29) is 29.4 Å². The van der Waals surface area contributed by atoms with E-state index in [4.69, 9.17) is 4.74 Å². The van der Waals surface area contributed by atoms with E-state index in [0.717, 1.165) is 36.3 Å². The minimum atomic E-state index is -0.873. The highest BCUT2D eigenvalue weighted by Gasteiger charge is 2.80. The molecule has 0 aromatic rings. The third-order valence-electron chi connectivity index (χ3n) is 8.79. The van der Waals surface area contributed by atoms with Crippen LogP contribution in [0.4, 0.5) is 0 Å². The number of hydrogen-bond donors (Lipinski definition) is 2. The van der Waals surface area contributed by atoms with Crippen LogP contribution in [-0.4, -0.2) is 58.4 Å². The van der Waals surface area contributed by atoms with Crippen LogP contribution in [0.5, 0.6) is 0 Å². The number of aliphatic hydroxyl groups excluding tert-OH is 1. The van der Waals surface area contributed by atoms with Crippen molar-refractivity contribution in [2.75, 3.05) is 20.1 Å². The second kappa shape index (κ2) is 4.56. The summed E-state index contributed by atoms with van der Waals surface area (Å²) in [5, 5.41) is 22.6. The predicted octanol–water partition coefficient (Wildman–Crippen LogP) is 2.07. The zero-order valence-electron chi connectivity index (χ0n) is 15.4. The number of ketones is 1. The molecule has 0 aromatic heterocycles. The molecule has 0 aromatic carbocycles. The Kier molecular flexibility index (Phi) is 2.75. The van der Waals surface area contributed by atoms with Crippen LogP contribution < -0.4 is 0 Å². The molecule has 2 aliphatic heterocycles. The Bertz CT molecular complexity index is 770. The molecule has 4 aliphatic carbocycles. The van der Waals surface area contributed by atoms with Crippen molar-refractivity contribution in [3.63, 3.8) is 0 Å². The van der Waals surface area contributed by atoms with Crippen LogP contribution in [0.25, 0.3) is 0 Å². The molecule has 6 rings (SSSR count). The maximum atomic E-state index is 12.8. The first kappa shape index (κ1) is 15.7. The van der Waals surface area contributed by atoms with Crippen molar-refractivity contribution in [2.45, 2.75) is 56.3 Å². The van der Waals surface area contributed by atoms with E-state index in [9.17, 15) is 15.0 Å². The molecule has 2 heterocycles. The molecule has 3 saturated carbocycles. The van der Waals surface area contributed by atoms with Gasteiger partial charge in [-0.1, -0.05) is 6.08 Å². The van der Waals surface area contributed by atoms with Crippen LogP contribution in [0.1, 0.15) is 38.5 Å². The Balaban J connectivity index is 1.54. The number of aliphatic hydroxyl groups is 2. The number of rotatable bonds is 2. The summed E-state index contributed by atoms with van der Waals surface area (Å²) in [7, 11) is 2.33. The number of piperidine rings is 1. The first-order valence-corrected chi connectivity index (χ1v) is 10.3. The summed E-state index contributed by atoms with van der Waals surface area (Å²) in [6.07, 6.45) is 8.59. The summed E-state index contributed by atoms with van der Waals surface area (Å²) < 4.78 is 7.08. The van der Waals surface area contributed by atoms with Crippen LogP contribution in [0, 0.1) is 23.2 Å². The fraction of sp³-hybridized carbons (Fsp3) is 0.762. The number of ether oxygens (including phenoxy) is 1. The minimum Gasteiger partial charge on any atom is -0.504 e. The van der Waals surface area contributed by atoms with Gasteiger partial charge < -0.3 is 19.4 Å². The van der Waals surface area contributed by atoms with Gasteiger partial charge in [0.25, 0.3) is 0 Å². The second-order valence-corrected chi connectivity index (χ2v) is 10.0. The smallest absolute Gasteiger partial charge is 0.174 e. The topological polar surface area (TPSA) is 66.8 Å². The van der Waals surface area contributed by atoms with Crippen molar-refractivity contribution in [3.05, 3.63) is 23.7 Å². The molecule has 5 nitrogen and oxygen atoms in total. The average Bonchev–Trinajstić information content (AvgIpc) is 3.32. The molecule has 7 atom stereocenters. The zero-order valence-corrected chi connectivity index (χ0v) is 15.4. The predicted molar refractivity (Wildman–Crippen MR) is 93.9 cm³/mol. The van der Waals surface area contributed by atoms with Gasteiger partial charge in [0.1, 0.15) is 17.4 Å². The van der Waals surface area contributed by atoms with Gasteiger partial charge in [-0.05, 0) is 31.3 Å². The molecule has 5 fully saturated rings. The van der Waals surface area contributed by atoms with E-state index in [0.29, 0.717) is 18.6 Å². The second-order valence-electron chi connectivity index (χ2n) is 10.0. The normalized spacial score (nSPS) is 54.2. The van der Waals surface area contributed by atoms with E-state index in [1.165, 1.54) is 12.8 Å². The maximum Gasteiger partial charge on any atom is 0.174 e. The Morgan fingerprint density at radius 1 is 1.35 bits per heavy atom. The van der Waals surface area contributed by atoms with Gasteiger partial charge >= 0.3 is 0 Å². The molecule has 5 heteroatoms. The van der Waals surface area contributed by atoms with E-state index >= 15 is 0 Å². The van der Waals surface area contributed by atoms with E-state index < -0.39 is 17.1 Å². The summed E-state index contributed by atoms with van der Waals surface area (Å²) in [6.45, 7) is 2.15. The molecule has 0 amide bonds. The van der Waals surface area contributed by atoms with Crippen LogP contribution in [0.15, 0.2) is 23.7 Å². The highest BCUT2D eigenvalue weighted by Crippen LogP contribution is 2.70. The number of nitrogens with zero attached hydrogens (tertiary/aromatic N) is 1. The fourth-order valence-electron chi connectivity index (χ4n) is 7.56. The lowest BCUT2D eigenvalue weighted by atomic mass is 9.44. The Morgan fingerprint density at radius 2 is 2.15 bits per heavy atom. The zero-order chi connectivity index (χ0) is 17.9. The highest BCUT2D eigenvalue weighted by atomic mass is 16.5. The summed E-state index contributed by atoms with van der Waals surface area (Å²) in [5.74, 6) is 1.86. The van der Waals surface area contributed by atoms with Crippen molar-refractivity contribution in [1.82, 2.24) is 0 Å². The van der Waals surface area contributed by atoms with Crippen LogP contribution in [-0.2, 0) is 9.53 Å². The Hall–Kier alpha value is -1.33. The van der Waals surface area contributed by atoms with Crippen LogP contribution in [0.3, 0.4) is 0 Å². The third-order valence-corrected chi connectivity index (χ3v) is 8.79. The van der Waals surface area contributed by atoms with Gasteiger partial charge in [0.15, 0.2) is 17.6 Å². The van der Waals surface area contributed by atoms with E-state index in [1.54, 1.807) is 6.08 Å². The molecular formula is C21H28NO4+. The Morgan fingerprint density at radius 3 is 2.92 bits per heavy atom. The maximum absolute atomic E-state index is 12.8. The van der Waals surface area contributed by atoms with Crippen molar-refractivity contribution < 1.29 is 24.2 Å². The first-order chi connectivity index (χ1) is 12.4. The van der Waals surface area contributed by atoms with E-state index in [2.05, 4.69) is 13.1 Å². The number of likely N-dealkylation sites (N-methyl/N-ethyl adjacent to an activating group) is 1. The third kappa shape index (κ3) is 1.60. The van der Waals surface area contributed by atoms with Gasteiger partial charge in [-0.15, -0.1) is 0 Å².